The molecule has 58 heavy (non-hydrogen) atoms. The zero-order chi connectivity index (χ0) is 38.5. The number of nitrogens with one attached hydrogen (secondary N) is 1. The Kier molecular flexibility index (Phi) is 7.42. The van der Waals surface area contributed by atoms with E-state index in [0.717, 1.165) is 0 Å². The van der Waals surface area contributed by atoms with Crippen LogP contribution in [0.4, 0.5) is 0 Å². The summed E-state index contributed by atoms with van der Waals surface area (Å²) in [6.07, 6.45) is 0.406. The van der Waals surface area contributed by atoms with Crippen LogP contribution in [0, 0.1) is 13.8 Å². The molecule has 278 valence electrons. The molecular weight excluding hydrogens is 707 g/mol. The minimum Gasteiger partial charge on any atom is -0.309 e. The first-order chi connectivity index (χ1) is 28.6. The van der Waals surface area contributed by atoms with Gasteiger partial charge in [0.15, 0.2) is 0 Å². The second-order valence-corrected chi connectivity index (χ2v) is 16.0. The summed E-state index contributed by atoms with van der Waals surface area (Å²) >= 11 is 0. The molecule has 0 radical (unpaired) electrons. The molecule has 0 aliphatic carbocycles. The summed E-state index contributed by atoms with van der Waals surface area (Å²) in [5.41, 5.74) is 16.1. The van der Waals surface area contributed by atoms with Crippen LogP contribution in [0.25, 0.3) is 66.1 Å². The number of hydrazine groups is 1. The van der Waals surface area contributed by atoms with Crippen LogP contribution >= 0.6 is 0 Å². The van der Waals surface area contributed by atoms with Crippen molar-refractivity contribution in [3.05, 3.63) is 216 Å². The molecular formula is C53H41N5. The fourth-order valence-corrected chi connectivity index (χ4v) is 9.90. The van der Waals surface area contributed by atoms with Crippen LogP contribution in [0.2, 0.25) is 0 Å². The number of aryl methyl sites for hydroxylation is 2. The summed E-state index contributed by atoms with van der Waals surface area (Å²) in [4.78, 5) is 0. The molecule has 5 atom stereocenters. The highest BCUT2D eigenvalue weighted by molar-refractivity contribution is 6.13. The van der Waals surface area contributed by atoms with Gasteiger partial charge in [0.1, 0.15) is 18.5 Å². The third kappa shape index (κ3) is 5.08. The molecule has 0 spiro atoms. The lowest BCUT2D eigenvalue weighted by molar-refractivity contribution is 0.314. The fraction of sp³-hybridized carbons (Fsp3) is 0.0943. The van der Waals surface area contributed by atoms with Gasteiger partial charge < -0.3 is 9.13 Å². The predicted octanol–water partition coefficient (Wildman–Crippen LogP) is 12.7. The molecule has 8 aromatic carbocycles. The van der Waals surface area contributed by atoms with Gasteiger partial charge in [-0.1, -0.05) is 133 Å². The molecule has 5 heteroatoms. The second kappa shape index (κ2) is 12.9. The Morgan fingerprint density at radius 1 is 0.397 bits per heavy atom. The van der Waals surface area contributed by atoms with Crippen molar-refractivity contribution in [2.45, 2.75) is 32.3 Å². The number of hydrogen-bond donors (Lipinski definition) is 1. The van der Waals surface area contributed by atoms with Gasteiger partial charge >= 0.3 is 0 Å². The third-order valence-corrected chi connectivity index (χ3v) is 12.5. The summed E-state index contributed by atoms with van der Waals surface area (Å²) in [5.74, 6) is 0. The second-order valence-electron chi connectivity index (χ2n) is 16.0. The molecule has 2 aliphatic rings. The van der Waals surface area contributed by atoms with E-state index in [0.29, 0.717) is 0 Å². The molecule has 1 N–H and O–H groups in total. The normalized spacial score (nSPS) is 20.0. The van der Waals surface area contributed by atoms with Gasteiger partial charge in [-0.2, -0.15) is 10.0 Å². The van der Waals surface area contributed by atoms with Crippen molar-refractivity contribution in [3.8, 4) is 22.5 Å². The average Bonchev–Trinajstić information content (AvgIpc) is 3.54. The lowest BCUT2D eigenvalue weighted by Gasteiger charge is -2.21. The topological polar surface area (TPSA) is 27.9 Å². The molecule has 2 aromatic heterocycles. The molecule has 5 unspecified atom stereocenters. The predicted molar refractivity (Wildman–Crippen MR) is 238 cm³/mol. The zero-order valence-corrected chi connectivity index (χ0v) is 32.4. The molecule has 12 rings (SSSR count). The van der Waals surface area contributed by atoms with E-state index in [2.05, 4.69) is 226 Å². The molecule has 0 bridgehead atoms. The maximum Gasteiger partial charge on any atom is 0.119 e. The largest absolute Gasteiger partial charge is 0.309 e. The monoisotopic (exact) mass is 747 g/mol. The van der Waals surface area contributed by atoms with Crippen LogP contribution in [0.5, 0.6) is 0 Å². The molecule has 2 aliphatic heterocycles. The average molecular weight is 748 g/mol. The van der Waals surface area contributed by atoms with Gasteiger partial charge in [0.05, 0.1) is 22.1 Å². The number of aromatic nitrogens is 2. The van der Waals surface area contributed by atoms with Crippen molar-refractivity contribution in [2.24, 2.45) is 0 Å². The summed E-state index contributed by atoms with van der Waals surface area (Å²) in [5, 5.41) is 14.0. The van der Waals surface area contributed by atoms with Crippen molar-refractivity contribution in [2.75, 3.05) is 0 Å². The Hall–Kier alpha value is -6.76. The van der Waals surface area contributed by atoms with E-state index >= 15 is 0 Å². The minimum absolute atomic E-state index is 0.0635. The number of rotatable bonds is 6. The smallest absolute Gasteiger partial charge is 0.119 e. The lowest BCUT2D eigenvalue weighted by Crippen LogP contribution is -2.27. The van der Waals surface area contributed by atoms with Crippen molar-refractivity contribution < 1.29 is 0 Å². The van der Waals surface area contributed by atoms with E-state index < -0.39 is 0 Å². The minimum atomic E-state index is 0.0635. The Morgan fingerprint density at radius 2 is 0.914 bits per heavy atom. The number of fused-ring (bicyclic) bond motifs is 7. The van der Waals surface area contributed by atoms with Crippen molar-refractivity contribution in [1.29, 1.82) is 0 Å². The van der Waals surface area contributed by atoms with Crippen molar-refractivity contribution >= 4 is 43.6 Å². The van der Waals surface area contributed by atoms with E-state index in [1.807, 2.05) is 0 Å². The number of benzene rings is 8. The first kappa shape index (κ1) is 33.4. The quantitative estimate of drug-likeness (QED) is 0.172. The van der Waals surface area contributed by atoms with Crippen molar-refractivity contribution in [3.63, 3.8) is 0 Å². The summed E-state index contributed by atoms with van der Waals surface area (Å²) in [7, 11) is 0. The van der Waals surface area contributed by atoms with E-state index in [-0.39, 0.29) is 18.5 Å². The van der Waals surface area contributed by atoms with Crippen LogP contribution in [0.1, 0.15) is 46.3 Å². The van der Waals surface area contributed by atoms with Gasteiger partial charge in [-0.3, -0.25) is 5.32 Å². The van der Waals surface area contributed by atoms with Gasteiger partial charge in [0, 0.05) is 32.9 Å². The Balaban J connectivity index is 0.947. The maximum absolute atomic E-state index is 3.95. The summed E-state index contributed by atoms with van der Waals surface area (Å²) in [6.45, 7) is 4.46. The molecule has 2 saturated heterocycles. The lowest BCUT2D eigenvalue weighted by atomic mass is 10.00. The highest BCUT2D eigenvalue weighted by Crippen LogP contribution is 2.57. The summed E-state index contributed by atoms with van der Waals surface area (Å²) in [6, 6.07) is 69.0. The number of hydrogen-bond acceptors (Lipinski definition) is 3. The molecule has 0 amide bonds. The van der Waals surface area contributed by atoms with Gasteiger partial charge in [-0.25, -0.2) is 0 Å². The highest BCUT2D eigenvalue weighted by atomic mass is 15.9. The fourth-order valence-electron chi connectivity index (χ4n) is 9.90. The Morgan fingerprint density at radius 3 is 1.59 bits per heavy atom. The van der Waals surface area contributed by atoms with Crippen LogP contribution in [0.3, 0.4) is 0 Å². The van der Waals surface area contributed by atoms with Gasteiger partial charge in [-0.05, 0) is 108 Å². The van der Waals surface area contributed by atoms with E-state index in [9.17, 15) is 0 Å². The Bertz CT molecular complexity index is 3180. The van der Waals surface area contributed by atoms with Crippen LogP contribution in [0.15, 0.2) is 188 Å². The standard InChI is InChI=1S/C53H41N5/c1-34-30-35(2)50-46(31-34)45-33-40(39-24-28-48-44(32-39)43-20-12-13-21-47(43)55(48)41-18-10-5-11-19-41)25-29-49(45)56(50)42-26-22-37(23-27-42)52-54-51(36-14-6-3-7-15-36)57-53(58(52)57)38-16-8-4-9-17-38/h3-33,51-54H,1-2H3. The van der Waals surface area contributed by atoms with E-state index in [4.69, 9.17) is 0 Å². The van der Waals surface area contributed by atoms with Gasteiger partial charge in [-0.15, -0.1) is 0 Å². The van der Waals surface area contributed by atoms with Gasteiger partial charge in [0.25, 0.3) is 0 Å². The number of nitrogens with zero attached hydrogens (tertiary/aromatic N) is 4. The maximum atomic E-state index is 3.95. The summed E-state index contributed by atoms with van der Waals surface area (Å²) < 4.78 is 4.85. The first-order valence-corrected chi connectivity index (χ1v) is 20.3. The number of para-hydroxylation sites is 2. The third-order valence-electron chi connectivity index (χ3n) is 12.5. The molecule has 4 heterocycles. The first-order valence-electron chi connectivity index (χ1n) is 20.3. The highest BCUT2D eigenvalue weighted by Gasteiger charge is 2.60. The van der Waals surface area contributed by atoms with Crippen LogP contribution in [-0.4, -0.2) is 19.2 Å². The van der Waals surface area contributed by atoms with Crippen LogP contribution in [-0.2, 0) is 0 Å². The molecule has 10 aromatic rings. The van der Waals surface area contributed by atoms with E-state index in [1.54, 1.807) is 0 Å². The zero-order valence-electron chi connectivity index (χ0n) is 32.4. The van der Waals surface area contributed by atoms with E-state index in [1.165, 1.54) is 93.9 Å². The molecule has 0 saturated carbocycles. The van der Waals surface area contributed by atoms with Crippen LogP contribution < -0.4 is 5.32 Å². The molecule has 2 fully saturated rings. The van der Waals surface area contributed by atoms with Gasteiger partial charge in [0.2, 0.25) is 0 Å². The SMILES string of the molecule is Cc1cc(C)c2c(c1)c1cc(-c3ccc4c(c3)c3ccccc3n4-c3ccccc3)ccc1n2-c1ccc(C2NC(c3ccccc3)N3C(c4ccccc4)N23)cc1. The Labute approximate surface area is 337 Å². The molecule has 5 nitrogen and oxygen atoms in total. The van der Waals surface area contributed by atoms with Crippen molar-refractivity contribution in [1.82, 2.24) is 24.5 Å².